The van der Waals surface area contributed by atoms with Crippen LogP contribution < -0.4 is 0 Å². The van der Waals surface area contributed by atoms with Crippen molar-refractivity contribution in [3.8, 4) is 0 Å². The number of rotatable bonds is 0. The minimum Gasteiger partial charge on any atom is -0.116 e. The highest BCUT2D eigenvalue weighted by molar-refractivity contribution is 6.33. The molecule has 2 atom stereocenters. The standard InChI is InChI=1S/C12H8Cl2/c13-11-8-5-1-3-7-4-2-6-9(10(7)8)12(11)14/h1-6,11-12H/t11-,12+. The smallest absolute Gasteiger partial charge is 0.0796 e. The third-order valence-corrected chi connectivity index (χ3v) is 3.92. The molecule has 0 spiro atoms. The molecule has 0 saturated carbocycles. The number of halogens is 2. The van der Waals surface area contributed by atoms with Crippen molar-refractivity contribution in [3.63, 3.8) is 0 Å². The third-order valence-electron chi connectivity index (χ3n) is 2.82. The average molecular weight is 223 g/mol. The third kappa shape index (κ3) is 0.958. The molecule has 0 aliphatic heterocycles. The molecule has 0 nitrogen and oxygen atoms in total. The zero-order valence-electron chi connectivity index (χ0n) is 7.37. The van der Waals surface area contributed by atoms with Crippen LogP contribution in [0.1, 0.15) is 21.9 Å². The zero-order valence-corrected chi connectivity index (χ0v) is 8.89. The predicted molar refractivity (Wildman–Crippen MR) is 61.1 cm³/mol. The molecule has 0 aromatic heterocycles. The SMILES string of the molecule is Cl[C@@H]1c2cccc3cccc(c23)[C@@H]1Cl. The highest BCUT2D eigenvalue weighted by atomic mass is 35.5. The second-order valence-electron chi connectivity index (χ2n) is 3.60. The van der Waals surface area contributed by atoms with E-state index in [9.17, 15) is 0 Å². The molecule has 2 aromatic rings. The van der Waals surface area contributed by atoms with Gasteiger partial charge in [0.15, 0.2) is 0 Å². The summed E-state index contributed by atoms with van der Waals surface area (Å²) in [6.45, 7) is 0. The Morgan fingerprint density at radius 1 is 0.786 bits per heavy atom. The van der Waals surface area contributed by atoms with Crippen molar-refractivity contribution in [2.75, 3.05) is 0 Å². The maximum atomic E-state index is 6.27. The van der Waals surface area contributed by atoms with Gasteiger partial charge >= 0.3 is 0 Å². The van der Waals surface area contributed by atoms with Gasteiger partial charge in [-0.1, -0.05) is 36.4 Å². The molecule has 1 aliphatic carbocycles. The van der Waals surface area contributed by atoms with E-state index in [1.54, 1.807) is 0 Å². The van der Waals surface area contributed by atoms with Crippen LogP contribution in [0.2, 0.25) is 0 Å². The normalized spacial score (nSPS) is 24.4. The van der Waals surface area contributed by atoms with Crippen LogP contribution >= 0.6 is 23.2 Å². The van der Waals surface area contributed by atoms with E-state index >= 15 is 0 Å². The van der Waals surface area contributed by atoms with Crippen LogP contribution in [0, 0.1) is 0 Å². The highest BCUT2D eigenvalue weighted by Gasteiger charge is 2.30. The molecule has 2 heteroatoms. The van der Waals surface area contributed by atoms with Gasteiger partial charge in [-0.05, 0) is 21.9 Å². The topological polar surface area (TPSA) is 0 Å². The monoisotopic (exact) mass is 222 g/mol. The van der Waals surface area contributed by atoms with Crippen molar-refractivity contribution < 1.29 is 0 Å². The lowest BCUT2D eigenvalue weighted by Crippen LogP contribution is -1.89. The molecular formula is C12H8Cl2. The van der Waals surface area contributed by atoms with E-state index < -0.39 is 0 Å². The summed E-state index contributed by atoms with van der Waals surface area (Å²) in [5.74, 6) is 0. The molecule has 0 bridgehead atoms. The first-order chi connectivity index (χ1) is 6.79. The Labute approximate surface area is 92.4 Å². The van der Waals surface area contributed by atoms with Gasteiger partial charge in [0, 0.05) is 0 Å². The molecule has 0 amide bonds. The summed E-state index contributed by atoms with van der Waals surface area (Å²) >= 11 is 12.5. The Morgan fingerprint density at radius 2 is 1.29 bits per heavy atom. The molecule has 2 aromatic carbocycles. The van der Waals surface area contributed by atoms with Gasteiger partial charge in [-0.3, -0.25) is 0 Å². The van der Waals surface area contributed by atoms with E-state index in [0.717, 1.165) is 0 Å². The minimum atomic E-state index is -0.0854. The lowest BCUT2D eigenvalue weighted by atomic mass is 10.1. The zero-order chi connectivity index (χ0) is 9.71. The fourth-order valence-electron chi connectivity index (χ4n) is 2.17. The molecule has 0 heterocycles. The van der Waals surface area contributed by atoms with Gasteiger partial charge in [-0.2, -0.15) is 0 Å². The molecule has 0 unspecified atom stereocenters. The fourth-order valence-corrected chi connectivity index (χ4v) is 2.81. The van der Waals surface area contributed by atoms with E-state index in [-0.39, 0.29) is 10.8 Å². The van der Waals surface area contributed by atoms with Crippen molar-refractivity contribution >= 4 is 34.0 Å². The Bertz CT molecular complexity index is 462. The van der Waals surface area contributed by atoms with Crippen LogP contribution in [-0.4, -0.2) is 0 Å². The van der Waals surface area contributed by atoms with Crippen LogP contribution in [0.25, 0.3) is 10.8 Å². The van der Waals surface area contributed by atoms with Crippen LogP contribution in [0.3, 0.4) is 0 Å². The van der Waals surface area contributed by atoms with Gasteiger partial charge in [0.05, 0.1) is 10.8 Å². The summed E-state index contributed by atoms with van der Waals surface area (Å²) in [5, 5.41) is 2.30. The van der Waals surface area contributed by atoms with Crippen molar-refractivity contribution in [2.45, 2.75) is 10.8 Å². The quantitative estimate of drug-likeness (QED) is 0.580. The largest absolute Gasteiger partial charge is 0.116 e. The Morgan fingerprint density at radius 3 is 1.79 bits per heavy atom. The second kappa shape index (κ2) is 2.88. The summed E-state index contributed by atoms with van der Waals surface area (Å²) < 4.78 is 0. The van der Waals surface area contributed by atoms with Gasteiger partial charge in [0.1, 0.15) is 0 Å². The summed E-state index contributed by atoms with van der Waals surface area (Å²) in [6.07, 6.45) is 0. The number of benzene rings is 2. The van der Waals surface area contributed by atoms with E-state index in [2.05, 4.69) is 24.3 Å². The molecule has 0 fully saturated rings. The van der Waals surface area contributed by atoms with E-state index in [0.29, 0.717) is 0 Å². The van der Waals surface area contributed by atoms with Crippen LogP contribution in [0.4, 0.5) is 0 Å². The van der Waals surface area contributed by atoms with E-state index in [1.807, 2.05) is 12.1 Å². The van der Waals surface area contributed by atoms with Crippen molar-refractivity contribution in [1.29, 1.82) is 0 Å². The molecule has 1 aliphatic rings. The minimum absolute atomic E-state index is 0.0854. The lowest BCUT2D eigenvalue weighted by molar-refractivity contribution is 0.936. The van der Waals surface area contributed by atoms with Crippen molar-refractivity contribution in [2.24, 2.45) is 0 Å². The van der Waals surface area contributed by atoms with E-state index in [4.69, 9.17) is 23.2 Å². The Hall–Kier alpha value is -0.720. The first-order valence-corrected chi connectivity index (χ1v) is 5.46. The van der Waals surface area contributed by atoms with Crippen LogP contribution in [-0.2, 0) is 0 Å². The fraction of sp³-hybridized carbons (Fsp3) is 0.167. The van der Waals surface area contributed by atoms with Gasteiger partial charge < -0.3 is 0 Å². The van der Waals surface area contributed by atoms with Crippen molar-refractivity contribution in [3.05, 3.63) is 47.5 Å². The van der Waals surface area contributed by atoms with Gasteiger partial charge in [0.2, 0.25) is 0 Å². The molecule has 0 radical (unpaired) electrons. The Kier molecular flexibility index (Phi) is 1.77. The van der Waals surface area contributed by atoms with Crippen LogP contribution in [0.5, 0.6) is 0 Å². The summed E-state index contributed by atoms with van der Waals surface area (Å²) in [7, 11) is 0. The first kappa shape index (κ1) is 8.58. The van der Waals surface area contributed by atoms with Crippen molar-refractivity contribution in [1.82, 2.24) is 0 Å². The molecule has 14 heavy (non-hydrogen) atoms. The summed E-state index contributed by atoms with van der Waals surface area (Å²) in [5.41, 5.74) is 2.33. The predicted octanol–water partition coefficient (Wildman–Crippen LogP) is 4.41. The molecular weight excluding hydrogens is 215 g/mol. The molecule has 70 valence electrons. The maximum absolute atomic E-state index is 6.27. The van der Waals surface area contributed by atoms with Gasteiger partial charge in [-0.25, -0.2) is 0 Å². The maximum Gasteiger partial charge on any atom is 0.0796 e. The molecule has 0 saturated heterocycles. The summed E-state index contributed by atoms with van der Waals surface area (Å²) in [6, 6.07) is 12.4. The Balaban J connectivity index is 2.49. The first-order valence-electron chi connectivity index (χ1n) is 4.59. The highest BCUT2D eigenvalue weighted by Crippen LogP contribution is 2.50. The second-order valence-corrected chi connectivity index (χ2v) is 4.54. The molecule has 0 N–H and O–H groups in total. The lowest BCUT2D eigenvalue weighted by Gasteiger charge is -2.05. The van der Waals surface area contributed by atoms with Crippen LogP contribution in [0.15, 0.2) is 36.4 Å². The van der Waals surface area contributed by atoms with Gasteiger partial charge in [-0.15, -0.1) is 23.2 Å². The summed E-state index contributed by atoms with van der Waals surface area (Å²) in [4.78, 5) is 0. The number of hydrogen-bond donors (Lipinski definition) is 0. The van der Waals surface area contributed by atoms with Gasteiger partial charge in [0.25, 0.3) is 0 Å². The number of hydrogen-bond acceptors (Lipinski definition) is 0. The average Bonchev–Trinajstić information content (AvgIpc) is 2.47. The van der Waals surface area contributed by atoms with E-state index in [1.165, 1.54) is 21.9 Å². The number of alkyl halides is 2. The molecule has 3 rings (SSSR count).